The van der Waals surface area contributed by atoms with E-state index >= 15 is 0 Å². The van der Waals surface area contributed by atoms with E-state index in [9.17, 15) is 4.39 Å². The monoisotopic (exact) mass is 445 g/mol. The van der Waals surface area contributed by atoms with Crippen molar-refractivity contribution in [1.82, 2.24) is 15.2 Å². The predicted molar refractivity (Wildman–Crippen MR) is 130 cm³/mol. The molecule has 32 heavy (non-hydrogen) atoms. The Morgan fingerprint density at radius 3 is 2.16 bits per heavy atom. The highest BCUT2D eigenvalue weighted by Gasteiger charge is 2.44. The molecule has 1 unspecified atom stereocenters. The van der Waals surface area contributed by atoms with E-state index in [-0.39, 0.29) is 17.4 Å². The molecule has 5 nitrogen and oxygen atoms in total. The smallest absolute Gasteiger partial charge is 0.117 e. The van der Waals surface area contributed by atoms with Gasteiger partial charge in [0.15, 0.2) is 0 Å². The molecule has 1 aliphatic rings. The third-order valence-electron chi connectivity index (χ3n) is 5.24. The van der Waals surface area contributed by atoms with Gasteiger partial charge in [0, 0.05) is 30.4 Å². The highest BCUT2D eigenvalue weighted by atomic mass is 19.1. The lowest BCUT2D eigenvalue weighted by molar-refractivity contribution is -0.106. The molecule has 0 saturated carbocycles. The summed E-state index contributed by atoms with van der Waals surface area (Å²) in [7, 11) is 0.500. The quantitative estimate of drug-likeness (QED) is 0.611. The first-order valence-corrected chi connectivity index (χ1v) is 11.1. The number of nitrogens with one attached hydrogen (secondary N) is 1. The molecule has 6 heteroatoms. The van der Waals surface area contributed by atoms with Crippen molar-refractivity contribution in [2.75, 3.05) is 20.3 Å². The van der Waals surface area contributed by atoms with E-state index in [4.69, 9.17) is 9.53 Å². The van der Waals surface area contributed by atoms with Gasteiger partial charge in [-0.3, -0.25) is 14.3 Å². The summed E-state index contributed by atoms with van der Waals surface area (Å²) in [5.74, 6) is 0. The minimum absolute atomic E-state index is 0.0816. The van der Waals surface area contributed by atoms with E-state index in [2.05, 4.69) is 93.1 Å². The average Bonchev–Trinajstić information content (AvgIpc) is 3.10. The van der Waals surface area contributed by atoms with Gasteiger partial charge in [-0.25, -0.2) is 0 Å². The molecule has 1 saturated heterocycles. The number of hydrogen-bond acceptors (Lipinski definition) is 5. The van der Waals surface area contributed by atoms with Gasteiger partial charge in [0.1, 0.15) is 12.0 Å². The highest BCUT2D eigenvalue weighted by Crippen LogP contribution is 2.40. The van der Waals surface area contributed by atoms with Gasteiger partial charge in [-0.1, -0.05) is 37.3 Å². The number of alkyl halides is 1. The molecular weight excluding hydrogens is 405 g/mol. The van der Waals surface area contributed by atoms with Crippen molar-refractivity contribution < 1.29 is 13.9 Å². The lowest BCUT2D eigenvalue weighted by Gasteiger charge is -2.40. The van der Waals surface area contributed by atoms with Crippen molar-refractivity contribution in [3.63, 3.8) is 0 Å². The van der Waals surface area contributed by atoms with Crippen LogP contribution in [-0.4, -0.2) is 47.7 Å². The molecule has 1 N–H and O–H groups in total. The van der Waals surface area contributed by atoms with Crippen LogP contribution in [0.5, 0.6) is 0 Å². The Hall–Kier alpha value is -2.15. The van der Waals surface area contributed by atoms with E-state index in [0.29, 0.717) is 7.18 Å². The summed E-state index contributed by atoms with van der Waals surface area (Å²) in [5, 5.41) is 3.30. The van der Waals surface area contributed by atoms with Crippen molar-refractivity contribution in [3.8, 4) is 11.1 Å². The second-order valence-electron chi connectivity index (χ2n) is 9.01. The summed E-state index contributed by atoms with van der Waals surface area (Å²) >= 11 is 0. The first-order chi connectivity index (χ1) is 15.1. The molecule has 0 amide bonds. The first kappa shape index (κ1) is 27.9. The van der Waals surface area contributed by atoms with Crippen LogP contribution < -0.4 is 5.32 Å². The number of benzene rings is 1. The van der Waals surface area contributed by atoms with E-state index in [0.717, 1.165) is 37.2 Å². The summed E-state index contributed by atoms with van der Waals surface area (Å²) in [6.07, 6.45) is 2.81. The molecule has 0 aliphatic carbocycles. The van der Waals surface area contributed by atoms with Crippen LogP contribution in [0.4, 0.5) is 4.39 Å². The number of halogens is 1. The average molecular weight is 446 g/mol. The summed E-state index contributed by atoms with van der Waals surface area (Å²) in [6.45, 7) is 17.3. The number of carbonyl (C=O) groups is 1. The zero-order valence-electron chi connectivity index (χ0n) is 20.9. The Balaban J connectivity index is 0.000000944. The van der Waals surface area contributed by atoms with Crippen molar-refractivity contribution in [3.05, 3.63) is 53.9 Å². The fraction of sp³-hybridized carbons (Fsp3) is 0.538. The lowest BCUT2D eigenvalue weighted by Crippen LogP contribution is -2.50. The SMILES string of the molecule is CC=O.CCNCc1ccc(-c2ccc(C3CN(C(C)(C)C)C(C)(C)O3)cc2)cn1.CF. The molecule has 1 aliphatic heterocycles. The lowest BCUT2D eigenvalue weighted by atomic mass is 10.0. The maximum absolute atomic E-state index is 9.50. The number of hydrogen-bond donors (Lipinski definition) is 1. The Morgan fingerprint density at radius 2 is 1.72 bits per heavy atom. The third kappa shape index (κ3) is 7.76. The van der Waals surface area contributed by atoms with Gasteiger partial charge in [0.2, 0.25) is 0 Å². The van der Waals surface area contributed by atoms with Crippen LogP contribution >= 0.6 is 0 Å². The van der Waals surface area contributed by atoms with Crippen molar-refractivity contribution in [2.24, 2.45) is 0 Å². The predicted octanol–water partition coefficient (Wildman–Crippen LogP) is 5.56. The molecule has 1 aromatic heterocycles. The van der Waals surface area contributed by atoms with Gasteiger partial charge in [0.05, 0.1) is 19.0 Å². The van der Waals surface area contributed by atoms with Crippen LogP contribution in [0.2, 0.25) is 0 Å². The minimum atomic E-state index is -0.256. The topological polar surface area (TPSA) is 54.5 Å². The molecule has 3 rings (SSSR count). The van der Waals surface area contributed by atoms with E-state index in [1.165, 1.54) is 18.1 Å². The Morgan fingerprint density at radius 1 is 1.16 bits per heavy atom. The van der Waals surface area contributed by atoms with Crippen LogP contribution in [0.25, 0.3) is 11.1 Å². The molecule has 2 aromatic rings. The number of aldehydes is 1. The second-order valence-corrected chi connectivity index (χ2v) is 9.01. The largest absolute Gasteiger partial charge is 0.352 e. The maximum atomic E-state index is 9.50. The highest BCUT2D eigenvalue weighted by molar-refractivity contribution is 5.62. The van der Waals surface area contributed by atoms with E-state index < -0.39 is 0 Å². The fourth-order valence-electron chi connectivity index (χ4n) is 3.93. The standard InChI is InChI=1S/C23H33N3O.C2H4O.CH3F/c1-7-24-15-20-13-12-19(14-25-20)17-8-10-18(11-9-17)21-16-26(22(2,3)4)23(5,6)27-21;1-2-3;1-2/h8-14,21,24H,7,15-16H2,1-6H3;2H,1H3;1H3. The van der Waals surface area contributed by atoms with Gasteiger partial charge < -0.3 is 14.8 Å². The third-order valence-corrected chi connectivity index (χ3v) is 5.24. The van der Waals surface area contributed by atoms with Crippen LogP contribution in [-0.2, 0) is 16.1 Å². The number of nitrogens with zero attached hydrogens (tertiary/aromatic N) is 2. The number of ether oxygens (including phenoxy) is 1. The van der Waals surface area contributed by atoms with E-state index in [1.54, 1.807) is 0 Å². The molecular formula is C26H40FN3O2. The summed E-state index contributed by atoms with van der Waals surface area (Å²) in [5.41, 5.74) is 4.46. The Labute approximate surface area is 193 Å². The number of rotatable bonds is 5. The molecule has 178 valence electrons. The van der Waals surface area contributed by atoms with E-state index in [1.807, 2.05) is 6.20 Å². The van der Waals surface area contributed by atoms with Crippen LogP contribution in [0.3, 0.4) is 0 Å². The van der Waals surface area contributed by atoms with Gasteiger partial charge in [-0.05, 0) is 65.3 Å². The molecule has 0 radical (unpaired) electrons. The summed E-state index contributed by atoms with van der Waals surface area (Å²) in [6, 6.07) is 13.0. The molecule has 1 atom stereocenters. The summed E-state index contributed by atoms with van der Waals surface area (Å²) < 4.78 is 15.9. The number of pyridine rings is 1. The van der Waals surface area contributed by atoms with Crippen molar-refractivity contribution in [1.29, 1.82) is 0 Å². The van der Waals surface area contributed by atoms with Crippen LogP contribution in [0.15, 0.2) is 42.6 Å². The van der Waals surface area contributed by atoms with Crippen LogP contribution in [0, 0.1) is 0 Å². The fourth-order valence-corrected chi connectivity index (χ4v) is 3.93. The Bertz CT molecular complexity index is 799. The molecule has 0 spiro atoms. The van der Waals surface area contributed by atoms with Gasteiger partial charge in [0.25, 0.3) is 0 Å². The van der Waals surface area contributed by atoms with Crippen molar-refractivity contribution in [2.45, 2.75) is 72.4 Å². The van der Waals surface area contributed by atoms with Crippen LogP contribution in [0.1, 0.15) is 65.8 Å². The Kier molecular flexibility index (Phi) is 11.1. The van der Waals surface area contributed by atoms with Gasteiger partial charge >= 0.3 is 0 Å². The minimum Gasteiger partial charge on any atom is -0.352 e. The maximum Gasteiger partial charge on any atom is 0.117 e. The number of aromatic nitrogens is 1. The summed E-state index contributed by atoms with van der Waals surface area (Å²) in [4.78, 5) is 15.8. The van der Waals surface area contributed by atoms with Gasteiger partial charge in [-0.2, -0.15) is 0 Å². The molecule has 0 bridgehead atoms. The van der Waals surface area contributed by atoms with Crippen molar-refractivity contribution >= 4 is 6.29 Å². The second kappa shape index (κ2) is 12.8. The normalized spacial score (nSPS) is 17.6. The zero-order chi connectivity index (χ0) is 24.4. The number of carbonyl (C=O) groups excluding carboxylic acids is 1. The first-order valence-electron chi connectivity index (χ1n) is 11.1. The zero-order valence-corrected chi connectivity index (χ0v) is 20.9. The molecule has 1 aromatic carbocycles. The molecule has 2 heterocycles. The van der Waals surface area contributed by atoms with Gasteiger partial charge in [-0.15, -0.1) is 0 Å². The molecule has 1 fully saturated rings.